The van der Waals surface area contributed by atoms with E-state index in [9.17, 15) is 9.59 Å². The number of amides is 2. The molecule has 0 fully saturated rings. The van der Waals surface area contributed by atoms with E-state index in [1.54, 1.807) is 19.2 Å². The molecular formula is C22H29N5O3. The molecule has 0 aromatic heterocycles. The summed E-state index contributed by atoms with van der Waals surface area (Å²) in [5.74, 6) is 0.661. The van der Waals surface area contributed by atoms with Gasteiger partial charge in [0.2, 0.25) is 5.91 Å². The van der Waals surface area contributed by atoms with Gasteiger partial charge in [-0.2, -0.15) is 0 Å². The Labute approximate surface area is 176 Å². The minimum absolute atomic E-state index is 0.181. The number of carbonyl (C=O) groups is 2. The third-order valence-corrected chi connectivity index (χ3v) is 4.27. The predicted molar refractivity (Wildman–Crippen MR) is 117 cm³/mol. The summed E-state index contributed by atoms with van der Waals surface area (Å²) >= 11 is 0. The highest BCUT2D eigenvalue weighted by Crippen LogP contribution is 2.11. The molecule has 160 valence electrons. The second kappa shape index (κ2) is 12.1. The molecule has 0 saturated heterocycles. The highest BCUT2D eigenvalue weighted by atomic mass is 16.5. The first kappa shape index (κ1) is 22.7. The summed E-state index contributed by atoms with van der Waals surface area (Å²) < 4.78 is 5.17. The number of guanidine groups is 1. The number of ether oxygens (including phenoxy) is 1. The number of hydrogen-bond donors (Lipinski definition) is 4. The monoisotopic (exact) mass is 411 g/mol. The predicted octanol–water partition coefficient (Wildman–Crippen LogP) is 1.21. The fraction of sp³-hybridized carbons (Fsp3) is 0.318. The molecule has 0 radical (unpaired) electrons. The van der Waals surface area contributed by atoms with Gasteiger partial charge in [-0.05, 0) is 48.7 Å². The maximum atomic E-state index is 11.9. The summed E-state index contributed by atoms with van der Waals surface area (Å²) in [5.41, 5.74) is 7.67. The molecule has 2 aromatic carbocycles. The smallest absolute Gasteiger partial charge is 0.251 e. The van der Waals surface area contributed by atoms with Crippen molar-refractivity contribution in [2.75, 3.05) is 26.7 Å². The first-order valence-electron chi connectivity index (χ1n) is 9.82. The molecule has 0 bridgehead atoms. The Kier molecular flexibility index (Phi) is 9.18. The van der Waals surface area contributed by atoms with E-state index in [1.807, 2.05) is 43.3 Å². The molecule has 0 unspecified atom stereocenters. The normalized spacial score (nSPS) is 10.9. The molecule has 0 atom stereocenters. The third-order valence-electron chi connectivity index (χ3n) is 4.27. The zero-order valence-electron chi connectivity index (χ0n) is 17.4. The van der Waals surface area contributed by atoms with Crippen molar-refractivity contribution in [1.82, 2.24) is 16.0 Å². The van der Waals surface area contributed by atoms with Crippen LogP contribution in [0.1, 0.15) is 28.4 Å². The molecule has 0 aliphatic rings. The molecule has 8 nitrogen and oxygen atoms in total. The Hall–Kier alpha value is -3.55. The molecule has 0 aliphatic heterocycles. The molecule has 0 aliphatic carbocycles. The minimum atomic E-state index is -0.579. The lowest BCUT2D eigenvalue weighted by Crippen LogP contribution is -2.38. The minimum Gasteiger partial charge on any atom is -0.497 e. The lowest BCUT2D eigenvalue weighted by molar-refractivity contribution is -0.117. The van der Waals surface area contributed by atoms with Gasteiger partial charge < -0.3 is 26.4 Å². The average Bonchev–Trinajstić information content (AvgIpc) is 2.76. The summed E-state index contributed by atoms with van der Waals surface area (Å²) in [7, 11) is 1.65. The number of nitrogens with zero attached hydrogens (tertiary/aromatic N) is 1. The average molecular weight is 412 g/mol. The van der Waals surface area contributed by atoms with Crippen LogP contribution >= 0.6 is 0 Å². The fourth-order valence-electron chi connectivity index (χ4n) is 2.66. The van der Waals surface area contributed by atoms with Crippen molar-refractivity contribution >= 4 is 17.8 Å². The molecule has 2 rings (SSSR count). The standard InChI is InChI=1S/C22H29N5O3/c1-3-24-22(25-13-12-16-6-10-19(30-2)11-7-16)27-14-17-4-8-18(9-5-17)21(29)26-15-20(23)28/h4-11H,3,12-15H2,1-2H3,(H2,23,28)(H,26,29)(H2,24,25,27). The van der Waals surface area contributed by atoms with Crippen LogP contribution in [0.15, 0.2) is 53.5 Å². The molecular weight excluding hydrogens is 382 g/mol. The van der Waals surface area contributed by atoms with Gasteiger partial charge in [0.15, 0.2) is 5.96 Å². The Balaban J connectivity index is 1.86. The van der Waals surface area contributed by atoms with Crippen LogP contribution in [-0.4, -0.2) is 44.5 Å². The van der Waals surface area contributed by atoms with Gasteiger partial charge >= 0.3 is 0 Å². The van der Waals surface area contributed by atoms with E-state index < -0.39 is 5.91 Å². The van der Waals surface area contributed by atoms with E-state index in [0.29, 0.717) is 12.1 Å². The van der Waals surface area contributed by atoms with Crippen molar-refractivity contribution in [3.8, 4) is 5.75 Å². The Bertz CT molecular complexity index is 848. The Morgan fingerprint density at radius 2 is 1.63 bits per heavy atom. The van der Waals surface area contributed by atoms with Gasteiger partial charge in [-0.15, -0.1) is 0 Å². The van der Waals surface area contributed by atoms with Crippen LogP contribution in [0.25, 0.3) is 0 Å². The maximum Gasteiger partial charge on any atom is 0.251 e. The van der Waals surface area contributed by atoms with Crippen LogP contribution in [0, 0.1) is 0 Å². The number of aliphatic imine (C=N–C) groups is 1. The lowest BCUT2D eigenvalue weighted by atomic mass is 10.1. The van der Waals surface area contributed by atoms with Crippen molar-refractivity contribution in [2.24, 2.45) is 10.7 Å². The van der Waals surface area contributed by atoms with Gasteiger partial charge in [-0.3, -0.25) is 9.59 Å². The largest absolute Gasteiger partial charge is 0.497 e. The maximum absolute atomic E-state index is 11.9. The first-order chi connectivity index (χ1) is 14.5. The first-order valence-corrected chi connectivity index (χ1v) is 9.82. The van der Waals surface area contributed by atoms with Gasteiger partial charge in [-0.25, -0.2) is 4.99 Å². The number of nitrogens with one attached hydrogen (secondary N) is 3. The Morgan fingerprint density at radius 1 is 0.967 bits per heavy atom. The summed E-state index contributed by atoms with van der Waals surface area (Å²) in [6.45, 7) is 3.81. The highest BCUT2D eigenvalue weighted by molar-refractivity contribution is 5.96. The number of carbonyl (C=O) groups excluding carboxylic acids is 2. The fourth-order valence-corrected chi connectivity index (χ4v) is 2.66. The van der Waals surface area contributed by atoms with Crippen LogP contribution in [0.3, 0.4) is 0 Å². The van der Waals surface area contributed by atoms with Crippen LogP contribution in [0.2, 0.25) is 0 Å². The third kappa shape index (κ3) is 7.83. The molecule has 0 heterocycles. The Morgan fingerprint density at radius 3 is 2.23 bits per heavy atom. The number of benzene rings is 2. The second-order valence-electron chi connectivity index (χ2n) is 6.57. The molecule has 2 aromatic rings. The van der Waals surface area contributed by atoms with E-state index in [-0.39, 0.29) is 12.5 Å². The van der Waals surface area contributed by atoms with Gasteiger partial charge in [0.25, 0.3) is 5.91 Å². The van der Waals surface area contributed by atoms with Crippen molar-refractivity contribution in [3.05, 3.63) is 65.2 Å². The van der Waals surface area contributed by atoms with Gasteiger partial charge in [-0.1, -0.05) is 24.3 Å². The molecule has 30 heavy (non-hydrogen) atoms. The molecule has 8 heteroatoms. The summed E-state index contributed by atoms with van der Waals surface area (Å²) in [4.78, 5) is 27.2. The van der Waals surface area contributed by atoms with Gasteiger partial charge in [0.05, 0.1) is 20.2 Å². The number of methoxy groups -OCH3 is 1. The summed E-state index contributed by atoms with van der Waals surface area (Å²) in [6.07, 6.45) is 0.865. The van der Waals surface area contributed by atoms with Crippen LogP contribution in [0.4, 0.5) is 0 Å². The summed E-state index contributed by atoms with van der Waals surface area (Å²) in [5, 5.41) is 9.01. The van der Waals surface area contributed by atoms with Crippen molar-refractivity contribution in [1.29, 1.82) is 0 Å². The molecule has 0 spiro atoms. The topological polar surface area (TPSA) is 118 Å². The zero-order chi connectivity index (χ0) is 21.8. The van der Waals surface area contributed by atoms with Gasteiger partial charge in [0, 0.05) is 18.7 Å². The lowest BCUT2D eigenvalue weighted by Gasteiger charge is -2.11. The molecule has 2 amide bonds. The van der Waals surface area contributed by atoms with E-state index in [1.165, 1.54) is 5.56 Å². The quantitative estimate of drug-likeness (QED) is 0.346. The number of nitrogens with two attached hydrogens (primary N) is 1. The van der Waals surface area contributed by atoms with Crippen LogP contribution in [-0.2, 0) is 17.8 Å². The molecule has 0 saturated carbocycles. The van der Waals surface area contributed by atoms with E-state index in [2.05, 4.69) is 20.9 Å². The van der Waals surface area contributed by atoms with E-state index in [4.69, 9.17) is 10.5 Å². The molecule has 5 N–H and O–H groups in total. The van der Waals surface area contributed by atoms with Crippen LogP contribution < -0.4 is 26.4 Å². The van der Waals surface area contributed by atoms with Crippen molar-refractivity contribution < 1.29 is 14.3 Å². The van der Waals surface area contributed by atoms with E-state index >= 15 is 0 Å². The number of hydrogen-bond acceptors (Lipinski definition) is 4. The zero-order valence-corrected chi connectivity index (χ0v) is 17.4. The van der Waals surface area contributed by atoms with Gasteiger partial charge in [0.1, 0.15) is 5.75 Å². The summed E-state index contributed by atoms with van der Waals surface area (Å²) in [6, 6.07) is 15.1. The highest BCUT2D eigenvalue weighted by Gasteiger charge is 2.06. The second-order valence-corrected chi connectivity index (χ2v) is 6.57. The number of rotatable bonds is 10. The van der Waals surface area contributed by atoms with Crippen molar-refractivity contribution in [2.45, 2.75) is 19.9 Å². The van der Waals surface area contributed by atoms with Crippen molar-refractivity contribution in [3.63, 3.8) is 0 Å². The number of primary amides is 1. The van der Waals surface area contributed by atoms with E-state index in [0.717, 1.165) is 36.8 Å². The van der Waals surface area contributed by atoms with Crippen LogP contribution in [0.5, 0.6) is 5.75 Å². The SMILES string of the molecule is CCNC(=NCc1ccc(C(=O)NCC(N)=O)cc1)NCCc1ccc(OC)cc1.